The third-order valence-corrected chi connectivity index (χ3v) is 3.11. The first-order valence-electron chi connectivity index (χ1n) is 5.65. The van der Waals surface area contributed by atoms with Gasteiger partial charge in [0.2, 0.25) is 0 Å². The van der Waals surface area contributed by atoms with Gasteiger partial charge in [-0.15, -0.1) is 0 Å². The van der Waals surface area contributed by atoms with Crippen LogP contribution in [0.3, 0.4) is 0 Å². The van der Waals surface area contributed by atoms with E-state index in [1.165, 1.54) is 0 Å². The van der Waals surface area contributed by atoms with Crippen LogP contribution >= 0.6 is 0 Å². The molecule has 4 heteroatoms. The van der Waals surface area contributed by atoms with Gasteiger partial charge in [0.05, 0.1) is 11.6 Å². The van der Waals surface area contributed by atoms with Gasteiger partial charge in [-0.2, -0.15) is 5.10 Å². The highest BCUT2D eigenvalue weighted by Gasteiger charge is 2.16. The van der Waals surface area contributed by atoms with Crippen LogP contribution in [-0.4, -0.2) is 23.0 Å². The summed E-state index contributed by atoms with van der Waals surface area (Å²) in [5.41, 5.74) is 7.56. The molecule has 1 aromatic carbocycles. The topological polar surface area (TPSA) is 53.1 Å². The molecule has 1 aliphatic heterocycles. The average Bonchev–Trinajstić information content (AvgIpc) is 2.73. The number of fused-ring (bicyclic) bond motifs is 1. The predicted molar refractivity (Wildman–Crippen MR) is 63.2 cm³/mol. The summed E-state index contributed by atoms with van der Waals surface area (Å²) in [5, 5.41) is 5.70. The minimum Gasteiger partial charge on any atom is -0.399 e. The minimum atomic E-state index is 0.474. The van der Waals surface area contributed by atoms with E-state index in [2.05, 4.69) is 16.0 Å². The van der Waals surface area contributed by atoms with E-state index in [1.807, 2.05) is 18.2 Å². The molecule has 1 saturated heterocycles. The van der Waals surface area contributed by atoms with E-state index in [0.717, 1.165) is 42.6 Å². The Morgan fingerprint density at radius 1 is 1.31 bits per heavy atom. The molecule has 0 aliphatic carbocycles. The van der Waals surface area contributed by atoms with Crippen molar-refractivity contribution in [2.45, 2.75) is 18.9 Å². The van der Waals surface area contributed by atoms with Crippen molar-refractivity contribution in [3.8, 4) is 0 Å². The molecular weight excluding hydrogens is 202 g/mol. The maximum Gasteiger partial charge on any atom is 0.0924 e. The van der Waals surface area contributed by atoms with Crippen LogP contribution in [-0.2, 0) is 4.74 Å². The Balaban J connectivity index is 1.97. The Kier molecular flexibility index (Phi) is 2.29. The molecule has 3 rings (SSSR count). The molecule has 0 bridgehead atoms. The third-order valence-electron chi connectivity index (χ3n) is 3.11. The van der Waals surface area contributed by atoms with Crippen molar-refractivity contribution in [2.75, 3.05) is 18.9 Å². The maximum atomic E-state index is 5.75. The number of nitrogens with zero attached hydrogens (tertiary/aromatic N) is 2. The van der Waals surface area contributed by atoms with Crippen LogP contribution < -0.4 is 5.73 Å². The largest absolute Gasteiger partial charge is 0.399 e. The molecule has 0 saturated carbocycles. The summed E-state index contributed by atoms with van der Waals surface area (Å²) in [6.45, 7) is 1.67. The van der Waals surface area contributed by atoms with Crippen molar-refractivity contribution in [1.82, 2.24) is 9.78 Å². The molecule has 1 aromatic heterocycles. The number of aromatic nitrogens is 2. The van der Waals surface area contributed by atoms with E-state index in [4.69, 9.17) is 10.5 Å². The number of nitrogens with two attached hydrogens (primary N) is 1. The van der Waals surface area contributed by atoms with Crippen molar-refractivity contribution >= 4 is 16.6 Å². The van der Waals surface area contributed by atoms with Crippen LogP contribution in [0, 0.1) is 0 Å². The van der Waals surface area contributed by atoms with Gasteiger partial charge in [0.15, 0.2) is 0 Å². The van der Waals surface area contributed by atoms with E-state index >= 15 is 0 Å². The monoisotopic (exact) mass is 217 g/mol. The lowest BCUT2D eigenvalue weighted by molar-refractivity contribution is 0.0664. The van der Waals surface area contributed by atoms with Gasteiger partial charge in [-0.3, -0.25) is 4.68 Å². The van der Waals surface area contributed by atoms with Gasteiger partial charge in [-0.1, -0.05) is 0 Å². The van der Waals surface area contributed by atoms with Gasteiger partial charge in [0, 0.05) is 30.5 Å². The standard InChI is InChI=1S/C12H15N3O/c13-10-1-2-12-9(7-10)8-15(14-12)11-3-5-16-6-4-11/h1-2,7-8,11H,3-6,13H2. The van der Waals surface area contributed by atoms with Crippen molar-refractivity contribution in [2.24, 2.45) is 0 Å². The van der Waals surface area contributed by atoms with Crippen LogP contribution in [0.2, 0.25) is 0 Å². The number of ether oxygens (including phenoxy) is 1. The number of rotatable bonds is 1. The Morgan fingerprint density at radius 3 is 2.94 bits per heavy atom. The molecular formula is C12H15N3O. The van der Waals surface area contributed by atoms with Gasteiger partial charge in [-0.05, 0) is 31.0 Å². The second kappa shape index (κ2) is 3.79. The van der Waals surface area contributed by atoms with Gasteiger partial charge >= 0.3 is 0 Å². The van der Waals surface area contributed by atoms with E-state index < -0.39 is 0 Å². The van der Waals surface area contributed by atoms with Crippen molar-refractivity contribution in [3.05, 3.63) is 24.4 Å². The predicted octanol–water partition coefficient (Wildman–Crippen LogP) is 1.97. The summed E-state index contributed by atoms with van der Waals surface area (Å²) >= 11 is 0. The Morgan fingerprint density at radius 2 is 2.12 bits per heavy atom. The fourth-order valence-electron chi connectivity index (χ4n) is 2.20. The quantitative estimate of drug-likeness (QED) is 0.743. The Hall–Kier alpha value is -1.55. The molecule has 1 fully saturated rings. The second-order valence-electron chi connectivity index (χ2n) is 4.27. The number of hydrogen-bond donors (Lipinski definition) is 1. The molecule has 0 unspecified atom stereocenters. The van der Waals surface area contributed by atoms with Gasteiger partial charge in [0.25, 0.3) is 0 Å². The van der Waals surface area contributed by atoms with Crippen LogP contribution in [0.4, 0.5) is 5.69 Å². The molecule has 0 radical (unpaired) electrons. The lowest BCUT2D eigenvalue weighted by atomic mass is 10.1. The number of hydrogen-bond acceptors (Lipinski definition) is 3. The summed E-state index contributed by atoms with van der Waals surface area (Å²) in [6, 6.07) is 6.31. The van der Waals surface area contributed by atoms with Crippen molar-refractivity contribution < 1.29 is 4.74 Å². The van der Waals surface area contributed by atoms with Crippen LogP contribution in [0.5, 0.6) is 0 Å². The fraction of sp³-hybridized carbons (Fsp3) is 0.417. The van der Waals surface area contributed by atoms with Gasteiger partial charge < -0.3 is 10.5 Å². The zero-order chi connectivity index (χ0) is 11.0. The number of anilines is 1. The zero-order valence-electron chi connectivity index (χ0n) is 9.10. The number of nitrogen functional groups attached to an aromatic ring is 1. The van der Waals surface area contributed by atoms with Crippen molar-refractivity contribution in [3.63, 3.8) is 0 Å². The third kappa shape index (κ3) is 1.65. The van der Waals surface area contributed by atoms with E-state index in [-0.39, 0.29) is 0 Å². The molecule has 84 valence electrons. The Labute approximate surface area is 94.0 Å². The van der Waals surface area contributed by atoms with Crippen LogP contribution in [0.1, 0.15) is 18.9 Å². The molecule has 16 heavy (non-hydrogen) atoms. The summed E-state index contributed by atoms with van der Waals surface area (Å²) in [5.74, 6) is 0. The molecule has 1 aliphatic rings. The van der Waals surface area contributed by atoms with E-state index in [1.54, 1.807) is 0 Å². The van der Waals surface area contributed by atoms with E-state index in [0.29, 0.717) is 6.04 Å². The highest BCUT2D eigenvalue weighted by atomic mass is 16.5. The smallest absolute Gasteiger partial charge is 0.0924 e. The van der Waals surface area contributed by atoms with E-state index in [9.17, 15) is 0 Å². The SMILES string of the molecule is Nc1ccc2nn(C3CCOCC3)cc2c1. The second-order valence-corrected chi connectivity index (χ2v) is 4.27. The lowest BCUT2D eigenvalue weighted by Gasteiger charge is -2.22. The lowest BCUT2D eigenvalue weighted by Crippen LogP contribution is -2.19. The van der Waals surface area contributed by atoms with Crippen LogP contribution in [0.25, 0.3) is 10.9 Å². The van der Waals surface area contributed by atoms with Crippen molar-refractivity contribution in [1.29, 1.82) is 0 Å². The first kappa shape index (κ1) is 9.66. The molecule has 2 aromatic rings. The normalized spacial score (nSPS) is 18.0. The fourth-order valence-corrected chi connectivity index (χ4v) is 2.20. The summed E-state index contributed by atoms with van der Waals surface area (Å²) in [6.07, 6.45) is 4.18. The molecule has 0 amide bonds. The molecule has 0 atom stereocenters. The Bertz CT molecular complexity index is 500. The summed E-state index contributed by atoms with van der Waals surface area (Å²) in [4.78, 5) is 0. The maximum absolute atomic E-state index is 5.75. The zero-order valence-corrected chi connectivity index (χ0v) is 9.10. The first-order valence-corrected chi connectivity index (χ1v) is 5.65. The van der Waals surface area contributed by atoms with Gasteiger partial charge in [-0.25, -0.2) is 0 Å². The number of benzene rings is 1. The first-order chi connectivity index (χ1) is 7.83. The van der Waals surface area contributed by atoms with Crippen LogP contribution in [0.15, 0.2) is 24.4 Å². The minimum absolute atomic E-state index is 0.474. The average molecular weight is 217 g/mol. The molecule has 2 heterocycles. The molecule has 2 N–H and O–H groups in total. The van der Waals surface area contributed by atoms with Gasteiger partial charge in [0.1, 0.15) is 0 Å². The summed E-state index contributed by atoms with van der Waals surface area (Å²) in [7, 11) is 0. The summed E-state index contributed by atoms with van der Waals surface area (Å²) < 4.78 is 7.42. The highest BCUT2D eigenvalue weighted by molar-refractivity contribution is 5.81. The molecule has 4 nitrogen and oxygen atoms in total. The highest BCUT2D eigenvalue weighted by Crippen LogP contribution is 2.23. The molecule has 0 spiro atoms.